The van der Waals surface area contributed by atoms with E-state index in [9.17, 15) is 9.18 Å². The Morgan fingerprint density at radius 1 is 1.29 bits per heavy atom. The molecule has 0 aromatic heterocycles. The summed E-state index contributed by atoms with van der Waals surface area (Å²) >= 11 is 15.1. The summed E-state index contributed by atoms with van der Waals surface area (Å²) in [5.74, 6) is -1.28. The Labute approximate surface area is 138 Å². The van der Waals surface area contributed by atoms with Crippen LogP contribution in [0.25, 0.3) is 0 Å². The lowest BCUT2D eigenvalue weighted by atomic mass is 10.2. The highest BCUT2D eigenvalue weighted by Crippen LogP contribution is 2.27. The normalized spacial score (nSPS) is 10.5. The molecule has 0 spiro atoms. The molecule has 7 heteroatoms. The summed E-state index contributed by atoms with van der Waals surface area (Å²) in [5, 5.41) is 0.793. The van der Waals surface area contributed by atoms with Crippen molar-refractivity contribution in [3.63, 3.8) is 0 Å². The van der Waals surface area contributed by atoms with Gasteiger partial charge in [0.25, 0.3) is 0 Å². The van der Waals surface area contributed by atoms with Crippen molar-refractivity contribution in [2.45, 2.75) is 6.61 Å². The fourth-order valence-corrected chi connectivity index (χ4v) is 2.59. The van der Waals surface area contributed by atoms with Gasteiger partial charge in [-0.25, -0.2) is 9.18 Å². The minimum atomic E-state index is -0.662. The quantitative estimate of drug-likeness (QED) is 0.600. The first-order chi connectivity index (χ1) is 9.90. The average Bonchev–Trinajstić information content (AvgIpc) is 2.42. The van der Waals surface area contributed by atoms with Crippen LogP contribution in [0.2, 0.25) is 10.0 Å². The van der Waals surface area contributed by atoms with Crippen LogP contribution >= 0.6 is 39.1 Å². The molecule has 2 aromatic rings. The third-order valence-corrected chi connectivity index (χ3v) is 4.08. The molecule has 0 aliphatic carbocycles. The van der Waals surface area contributed by atoms with Gasteiger partial charge in [0.1, 0.15) is 12.4 Å². The number of hydrogen-bond donors (Lipinski definition) is 1. The van der Waals surface area contributed by atoms with Crippen LogP contribution in [0.3, 0.4) is 0 Å². The van der Waals surface area contributed by atoms with Gasteiger partial charge in [0.15, 0.2) is 0 Å². The Hall–Kier alpha value is -1.30. The minimum absolute atomic E-state index is 0.0962. The largest absolute Gasteiger partial charge is 0.457 e. The Morgan fingerprint density at radius 3 is 2.52 bits per heavy atom. The fraction of sp³-hybridized carbons (Fsp3) is 0.0714. The van der Waals surface area contributed by atoms with Crippen molar-refractivity contribution in [3.8, 4) is 0 Å². The first-order valence-corrected chi connectivity index (χ1v) is 7.29. The smallest absolute Gasteiger partial charge is 0.339 e. The number of halogens is 4. The lowest BCUT2D eigenvalue weighted by Crippen LogP contribution is -2.08. The molecule has 2 N–H and O–H groups in total. The predicted molar refractivity (Wildman–Crippen MR) is 84.1 cm³/mol. The SMILES string of the molecule is Nc1cc(C(=O)OCc2c(Cl)cccc2Cl)c(Br)cc1F. The van der Waals surface area contributed by atoms with Gasteiger partial charge in [-0.2, -0.15) is 0 Å². The van der Waals surface area contributed by atoms with Gasteiger partial charge < -0.3 is 10.5 Å². The second kappa shape index (κ2) is 6.64. The minimum Gasteiger partial charge on any atom is -0.457 e. The number of rotatable bonds is 3. The molecule has 3 nitrogen and oxygen atoms in total. The maximum Gasteiger partial charge on any atom is 0.339 e. The fourth-order valence-electron chi connectivity index (χ4n) is 1.61. The maximum absolute atomic E-state index is 13.2. The average molecular weight is 393 g/mol. The predicted octanol–water partition coefficient (Wildman–Crippen LogP) is 4.83. The number of nitrogen functional groups attached to an aromatic ring is 1. The summed E-state index contributed by atoms with van der Waals surface area (Å²) in [5.41, 5.74) is 5.92. The van der Waals surface area contributed by atoms with Crippen LogP contribution in [-0.2, 0) is 11.3 Å². The van der Waals surface area contributed by atoms with E-state index in [1.165, 1.54) is 6.07 Å². The highest BCUT2D eigenvalue weighted by molar-refractivity contribution is 9.10. The third kappa shape index (κ3) is 3.67. The van der Waals surface area contributed by atoms with Crippen LogP contribution in [0.4, 0.5) is 10.1 Å². The van der Waals surface area contributed by atoms with Crippen molar-refractivity contribution >= 4 is 50.8 Å². The number of carbonyl (C=O) groups excluding carboxylic acids is 1. The van der Waals surface area contributed by atoms with E-state index in [2.05, 4.69) is 15.9 Å². The Morgan fingerprint density at radius 2 is 1.90 bits per heavy atom. The van der Waals surface area contributed by atoms with Crippen LogP contribution in [-0.4, -0.2) is 5.97 Å². The standard InChI is InChI=1S/C14H9BrCl2FNO2/c15-9-5-12(18)13(19)4-7(9)14(20)21-6-8-10(16)2-1-3-11(8)17/h1-5H,6,19H2. The topological polar surface area (TPSA) is 52.3 Å². The van der Waals surface area contributed by atoms with Crippen LogP contribution in [0.15, 0.2) is 34.8 Å². The first kappa shape index (κ1) is 16.1. The van der Waals surface area contributed by atoms with Gasteiger partial charge in [0, 0.05) is 20.1 Å². The molecule has 21 heavy (non-hydrogen) atoms. The van der Waals surface area contributed by atoms with E-state index in [1.54, 1.807) is 18.2 Å². The van der Waals surface area contributed by atoms with E-state index in [1.807, 2.05) is 0 Å². The number of esters is 1. The molecule has 0 radical (unpaired) electrons. The molecule has 0 fully saturated rings. The number of ether oxygens (including phenoxy) is 1. The van der Waals surface area contributed by atoms with Gasteiger partial charge >= 0.3 is 5.97 Å². The Bertz CT molecular complexity index is 689. The van der Waals surface area contributed by atoms with E-state index in [0.717, 1.165) is 6.07 Å². The summed E-state index contributed by atoms with van der Waals surface area (Å²) in [6, 6.07) is 7.28. The van der Waals surface area contributed by atoms with Gasteiger partial charge in [-0.1, -0.05) is 29.3 Å². The highest BCUT2D eigenvalue weighted by atomic mass is 79.9. The monoisotopic (exact) mass is 391 g/mol. The Balaban J connectivity index is 2.18. The summed E-state index contributed by atoms with van der Waals surface area (Å²) in [4.78, 5) is 12.0. The molecule has 0 aliphatic rings. The molecule has 110 valence electrons. The van der Waals surface area contributed by atoms with Crippen molar-refractivity contribution in [1.82, 2.24) is 0 Å². The van der Waals surface area contributed by atoms with Crippen molar-refractivity contribution in [3.05, 3.63) is 61.8 Å². The van der Waals surface area contributed by atoms with Gasteiger partial charge in [-0.15, -0.1) is 0 Å². The molecule has 2 rings (SSSR count). The van der Waals surface area contributed by atoms with Crippen molar-refractivity contribution in [1.29, 1.82) is 0 Å². The molecule has 0 heterocycles. The molecule has 0 aliphatic heterocycles. The van der Waals surface area contributed by atoms with Gasteiger partial charge in [-0.05, 0) is 40.2 Å². The Kier molecular flexibility index (Phi) is 5.08. The van der Waals surface area contributed by atoms with Crippen molar-refractivity contribution in [2.75, 3.05) is 5.73 Å². The summed E-state index contributed by atoms with van der Waals surface area (Å²) in [7, 11) is 0. The molecular formula is C14H9BrCl2FNO2. The van der Waals surface area contributed by atoms with E-state index in [-0.39, 0.29) is 22.3 Å². The zero-order chi connectivity index (χ0) is 15.6. The van der Waals surface area contributed by atoms with Gasteiger partial charge in [0.05, 0.1) is 11.3 Å². The first-order valence-electron chi connectivity index (χ1n) is 5.74. The molecule has 0 saturated heterocycles. The zero-order valence-electron chi connectivity index (χ0n) is 10.5. The molecule has 2 aromatic carbocycles. The molecule has 0 unspecified atom stereocenters. The third-order valence-electron chi connectivity index (χ3n) is 2.72. The van der Waals surface area contributed by atoms with Crippen LogP contribution in [0.5, 0.6) is 0 Å². The zero-order valence-corrected chi connectivity index (χ0v) is 13.6. The number of anilines is 1. The maximum atomic E-state index is 13.2. The lowest BCUT2D eigenvalue weighted by molar-refractivity contribution is 0.0472. The lowest BCUT2D eigenvalue weighted by Gasteiger charge is -2.10. The molecule has 0 saturated carbocycles. The second-order valence-corrected chi connectivity index (χ2v) is 5.80. The highest BCUT2D eigenvalue weighted by Gasteiger charge is 2.16. The van der Waals surface area contributed by atoms with Crippen LogP contribution < -0.4 is 5.73 Å². The summed E-state index contributed by atoms with van der Waals surface area (Å²) in [6.45, 7) is -0.0962. The van der Waals surface area contributed by atoms with Crippen LogP contribution in [0.1, 0.15) is 15.9 Å². The van der Waals surface area contributed by atoms with Gasteiger partial charge in [-0.3, -0.25) is 0 Å². The molecular weight excluding hydrogens is 384 g/mol. The number of carbonyl (C=O) groups is 1. The summed E-state index contributed by atoms with van der Waals surface area (Å²) < 4.78 is 18.6. The van der Waals surface area contributed by atoms with E-state index >= 15 is 0 Å². The number of nitrogens with two attached hydrogens (primary N) is 1. The van der Waals surface area contributed by atoms with E-state index < -0.39 is 11.8 Å². The van der Waals surface area contributed by atoms with E-state index in [4.69, 9.17) is 33.7 Å². The molecule has 0 bridgehead atoms. The number of hydrogen-bond acceptors (Lipinski definition) is 3. The number of benzene rings is 2. The van der Waals surface area contributed by atoms with Crippen molar-refractivity contribution in [2.24, 2.45) is 0 Å². The second-order valence-electron chi connectivity index (χ2n) is 4.13. The molecule has 0 amide bonds. The van der Waals surface area contributed by atoms with E-state index in [0.29, 0.717) is 15.6 Å². The van der Waals surface area contributed by atoms with Crippen LogP contribution in [0, 0.1) is 5.82 Å². The van der Waals surface area contributed by atoms with Gasteiger partial charge in [0.2, 0.25) is 0 Å². The molecule has 0 atom stereocenters. The summed E-state index contributed by atoms with van der Waals surface area (Å²) in [6.07, 6.45) is 0. The van der Waals surface area contributed by atoms with Crippen molar-refractivity contribution < 1.29 is 13.9 Å².